The average molecular weight is 498 g/mol. The normalized spacial score (nSPS) is 15.0. The first-order valence-corrected chi connectivity index (χ1v) is 12.0. The number of nitrogens with one attached hydrogen (secondary N) is 2. The van der Waals surface area contributed by atoms with Crippen molar-refractivity contribution in [2.24, 2.45) is 0 Å². The second-order valence-electron chi connectivity index (χ2n) is 8.42. The van der Waals surface area contributed by atoms with E-state index in [1.54, 1.807) is 30.3 Å². The van der Waals surface area contributed by atoms with Gasteiger partial charge in [-0.3, -0.25) is 14.5 Å². The largest absolute Gasteiger partial charge is 0.464 e. The predicted molar refractivity (Wildman–Crippen MR) is 134 cm³/mol. The van der Waals surface area contributed by atoms with E-state index in [4.69, 9.17) is 21.1 Å². The van der Waals surface area contributed by atoms with E-state index in [2.05, 4.69) is 15.2 Å². The highest BCUT2D eigenvalue weighted by Crippen LogP contribution is 2.17. The van der Waals surface area contributed by atoms with Crippen molar-refractivity contribution in [2.75, 3.05) is 39.5 Å². The summed E-state index contributed by atoms with van der Waals surface area (Å²) in [7, 11) is 0. The lowest BCUT2D eigenvalue weighted by atomic mass is 10.0. The Morgan fingerprint density at radius 1 is 1.11 bits per heavy atom. The summed E-state index contributed by atoms with van der Waals surface area (Å²) < 4.78 is 10.9. The maximum absolute atomic E-state index is 13.1. The Labute approximate surface area is 208 Å². The maximum Gasteiger partial charge on any atom is 0.328 e. The summed E-state index contributed by atoms with van der Waals surface area (Å²) in [5, 5.41) is 4.09. The number of carbonyl (C=O) groups is 2. The fourth-order valence-electron chi connectivity index (χ4n) is 4.09. The number of hydrogen-bond acceptors (Lipinski definition) is 6. The highest BCUT2D eigenvalue weighted by Gasteiger charge is 2.25. The molecule has 0 bridgehead atoms. The molecule has 0 saturated carbocycles. The van der Waals surface area contributed by atoms with Crippen LogP contribution in [0.15, 0.2) is 59.4 Å². The van der Waals surface area contributed by atoms with Crippen molar-refractivity contribution >= 4 is 34.4 Å². The van der Waals surface area contributed by atoms with Gasteiger partial charge in [0.15, 0.2) is 0 Å². The average Bonchev–Trinajstić information content (AvgIpc) is 2.87. The molecule has 1 aliphatic heterocycles. The van der Waals surface area contributed by atoms with Crippen LogP contribution in [0.4, 0.5) is 0 Å². The van der Waals surface area contributed by atoms with Gasteiger partial charge in [0.1, 0.15) is 6.04 Å². The number of pyridine rings is 1. The van der Waals surface area contributed by atoms with Gasteiger partial charge in [-0.25, -0.2) is 4.79 Å². The molecule has 9 heteroatoms. The van der Waals surface area contributed by atoms with Crippen LogP contribution in [0.5, 0.6) is 0 Å². The van der Waals surface area contributed by atoms with E-state index in [-0.39, 0.29) is 18.6 Å². The SMILES string of the molecule is O=C(NC(Cc1cc(=O)[nH]c2ccccc12)C(=O)OCCCN1CCOCC1)c1ccc(Cl)cc1. The van der Waals surface area contributed by atoms with Crippen LogP contribution in [0.25, 0.3) is 10.9 Å². The Kier molecular flexibility index (Phi) is 8.52. The van der Waals surface area contributed by atoms with E-state index in [0.717, 1.165) is 25.0 Å². The van der Waals surface area contributed by atoms with Gasteiger partial charge in [-0.2, -0.15) is 0 Å². The van der Waals surface area contributed by atoms with Crippen LogP contribution < -0.4 is 10.9 Å². The number of carbonyl (C=O) groups excluding carboxylic acids is 2. The van der Waals surface area contributed by atoms with Crippen LogP contribution in [0, 0.1) is 0 Å². The number of morpholine rings is 1. The number of fused-ring (bicyclic) bond motifs is 1. The first kappa shape index (κ1) is 24.9. The van der Waals surface area contributed by atoms with Crippen LogP contribution in [0.2, 0.25) is 5.02 Å². The van der Waals surface area contributed by atoms with Crippen molar-refractivity contribution in [1.29, 1.82) is 0 Å². The van der Waals surface area contributed by atoms with Gasteiger partial charge in [-0.1, -0.05) is 29.8 Å². The van der Waals surface area contributed by atoms with Gasteiger partial charge in [0.2, 0.25) is 5.56 Å². The topological polar surface area (TPSA) is 101 Å². The van der Waals surface area contributed by atoms with Gasteiger partial charge >= 0.3 is 5.97 Å². The van der Waals surface area contributed by atoms with Gasteiger partial charge in [-0.05, 0) is 42.3 Å². The number of amides is 1. The van der Waals surface area contributed by atoms with Crippen LogP contribution in [0.1, 0.15) is 22.3 Å². The molecule has 1 aromatic heterocycles. The molecule has 3 aromatic rings. The van der Waals surface area contributed by atoms with Gasteiger partial charge in [0.05, 0.1) is 19.8 Å². The number of esters is 1. The Morgan fingerprint density at radius 2 is 1.86 bits per heavy atom. The molecule has 0 spiro atoms. The zero-order chi connectivity index (χ0) is 24.6. The van der Waals surface area contributed by atoms with Crippen LogP contribution in [-0.4, -0.2) is 67.3 Å². The van der Waals surface area contributed by atoms with E-state index in [1.165, 1.54) is 6.07 Å². The summed E-state index contributed by atoms with van der Waals surface area (Å²) in [6.07, 6.45) is 0.795. The summed E-state index contributed by atoms with van der Waals surface area (Å²) in [6.45, 7) is 4.19. The monoisotopic (exact) mass is 497 g/mol. The van der Waals surface area contributed by atoms with E-state index in [0.29, 0.717) is 41.3 Å². The summed E-state index contributed by atoms with van der Waals surface area (Å²) in [5.41, 5.74) is 1.41. The third-order valence-electron chi connectivity index (χ3n) is 5.92. The summed E-state index contributed by atoms with van der Waals surface area (Å²) in [6, 6.07) is 14.2. The highest BCUT2D eigenvalue weighted by molar-refractivity contribution is 6.30. The highest BCUT2D eigenvalue weighted by atomic mass is 35.5. The molecule has 2 heterocycles. The van der Waals surface area contributed by atoms with Crippen molar-refractivity contribution in [3.05, 3.63) is 81.1 Å². The number of ether oxygens (including phenoxy) is 2. The number of H-pyrrole nitrogens is 1. The maximum atomic E-state index is 13.1. The van der Waals surface area contributed by atoms with E-state index in [9.17, 15) is 14.4 Å². The molecule has 2 N–H and O–H groups in total. The molecule has 4 rings (SSSR count). The quantitative estimate of drug-likeness (QED) is 0.348. The number of benzene rings is 2. The molecule has 1 atom stereocenters. The molecule has 1 saturated heterocycles. The summed E-state index contributed by atoms with van der Waals surface area (Å²) in [5.74, 6) is -0.968. The van der Waals surface area contributed by atoms with Crippen molar-refractivity contribution < 1.29 is 19.1 Å². The van der Waals surface area contributed by atoms with Crippen LogP contribution in [-0.2, 0) is 20.7 Å². The standard InChI is InChI=1S/C26H28ClN3O5/c27-20-8-6-18(7-9-20)25(32)29-23(26(33)35-13-3-10-30-11-14-34-15-12-30)16-19-17-24(31)28-22-5-2-1-4-21(19)22/h1-2,4-9,17,23H,3,10-16H2,(H,28,31)(H,29,32). The number of hydrogen-bond donors (Lipinski definition) is 2. The number of halogens is 1. The van der Waals surface area contributed by atoms with E-state index < -0.39 is 17.9 Å². The number of aromatic nitrogens is 1. The minimum absolute atomic E-state index is 0.117. The number of rotatable bonds is 9. The van der Waals surface area contributed by atoms with Crippen LogP contribution in [0.3, 0.4) is 0 Å². The number of nitrogens with zero attached hydrogens (tertiary/aromatic N) is 1. The van der Waals surface area contributed by atoms with Crippen LogP contribution >= 0.6 is 11.6 Å². The smallest absolute Gasteiger partial charge is 0.328 e. The lowest BCUT2D eigenvalue weighted by Gasteiger charge is -2.26. The Hall–Kier alpha value is -3.20. The Balaban J connectivity index is 1.47. The lowest BCUT2D eigenvalue weighted by molar-refractivity contribution is -0.146. The predicted octanol–water partition coefficient (Wildman–Crippen LogP) is 2.79. The van der Waals surface area contributed by atoms with Crippen molar-refractivity contribution in [3.63, 3.8) is 0 Å². The second kappa shape index (κ2) is 12.0. The van der Waals surface area contributed by atoms with Gasteiger partial charge in [0.25, 0.3) is 5.91 Å². The number of aromatic amines is 1. The molecular formula is C26H28ClN3O5. The molecule has 2 aromatic carbocycles. The van der Waals surface area contributed by atoms with Crippen molar-refractivity contribution in [2.45, 2.75) is 18.9 Å². The molecule has 1 unspecified atom stereocenters. The van der Waals surface area contributed by atoms with Gasteiger partial charge in [0, 0.05) is 53.6 Å². The van der Waals surface area contributed by atoms with Crippen molar-refractivity contribution in [1.82, 2.24) is 15.2 Å². The summed E-state index contributed by atoms with van der Waals surface area (Å²) in [4.78, 5) is 43.2. The minimum Gasteiger partial charge on any atom is -0.464 e. The molecule has 1 aliphatic rings. The molecule has 0 aliphatic carbocycles. The summed E-state index contributed by atoms with van der Waals surface area (Å²) >= 11 is 5.93. The Morgan fingerprint density at radius 3 is 2.63 bits per heavy atom. The zero-order valence-electron chi connectivity index (χ0n) is 19.3. The molecule has 0 radical (unpaired) electrons. The molecule has 8 nitrogen and oxygen atoms in total. The fraction of sp³-hybridized carbons (Fsp3) is 0.346. The van der Waals surface area contributed by atoms with E-state index >= 15 is 0 Å². The lowest BCUT2D eigenvalue weighted by Crippen LogP contribution is -2.44. The Bertz CT molecular complexity index is 1220. The van der Waals surface area contributed by atoms with Gasteiger partial charge in [-0.15, -0.1) is 0 Å². The minimum atomic E-state index is -0.966. The molecular weight excluding hydrogens is 470 g/mol. The first-order chi connectivity index (χ1) is 17.0. The molecule has 1 amide bonds. The molecule has 1 fully saturated rings. The third-order valence-corrected chi connectivity index (χ3v) is 6.18. The first-order valence-electron chi connectivity index (χ1n) is 11.6. The molecule has 35 heavy (non-hydrogen) atoms. The van der Waals surface area contributed by atoms with Crippen molar-refractivity contribution in [3.8, 4) is 0 Å². The third kappa shape index (κ3) is 6.91. The number of para-hydroxylation sites is 1. The zero-order valence-corrected chi connectivity index (χ0v) is 20.1. The fourth-order valence-corrected chi connectivity index (χ4v) is 4.21. The molecule has 184 valence electrons. The second-order valence-corrected chi connectivity index (χ2v) is 8.85. The van der Waals surface area contributed by atoms with E-state index in [1.807, 2.05) is 18.2 Å². The van der Waals surface area contributed by atoms with Gasteiger partial charge < -0.3 is 19.8 Å².